The lowest BCUT2D eigenvalue weighted by molar-refractivity contribution is -0.116. The third-order valence-electron chi connectivity index (χ3n) is 3.79. The van der Waals surface area contributed by atoms with Crippen LogP contribution in [0.15, 0.2) is 29.1 Å². The van der Waals surface area contributed by atoms with Gasteiger partial charge in [0.25, 0.3) is 5.56 Å². The van der Waals surface area contributed by atoms with Gasteiger partial charge in [0.05, 0.1) is 10.9 Å². The fourth-order valence-electron chi connectivity index (χ4n) is 2.43. The van der Waals surface area contributed by atoms with Gasteiger partial charge in [-0.1, -0.05) is 44.2 Å². The van der Waals surface area contributed by atoms with E-state index in [0.29, 0.717) is 41.1 Å². The molecule has 0 saturated carbocycles. The molecule has 136 valence electrons. The predicted octanol–water partition coefficient (Wildman–Crippen LogP) is 3.03. The van der Waals surface area contributed by atoms with Crippen LogP contribution in [0.2, 0.25) is 0 Å². The molecule has 0 aliphatic heterocycles. The summed E-state index contributed by atoms with van der Waals surface area (Å²) in [5, 5.41) is 12.9. The minimum absolute atomic E-state index is 0.0890. The highest BCUT2D eigenvalue weighted by molar-refractivity contribution is 7.15. The van der Waals surface area contributed by atoms with Crippen molar-refractivity contribution in [2.75, 3.05) is 5.32 Å². The second kappa shape index (κ2) is 7.33. The summed E-state index contributed by atoms with van der Waals surface area (Å²) < 4.78 is 0. The normalized spacial score (nSPS) is 11.7. The smallest absolute Gasteiger partial charge is 0.258 e. The highest BCUT2D eigenvalue weighted by Gasteiger charge is 2.20. The van der Waals surface area contributed by atoms with E-state index in [0.717, 1.165) is 5.01 Å². The van der Waals surface area contributed by atoms with Crippen LogP contribution < -0.4 is 10.9 Å². The van der Waals surface area contributed by atoms with Crippen molar-refractivity contribution in [2.24, 2.45) is 0 Å². The molecule has 2 N–H and O–H groups in total. The molecule has 0 bridgehead atoms. The van der Waals surface area contributed by atoms with Crippen LogP contribution in [0, 0.1) is 0 Å². The number of hydrogen-bond donors (Lipinski definition) is 2. The van der Waals surface area contributed by atoms with Crippen LogP contribution in [0.25, 0.3) is 10.9 Å². The Balaban J connectivity index is 1.55. The molecule has 26 heavy (non-hydrogen) atoms. The second-order valence-corrected chi connectivity index (χ2v) is 8.07. The number of nitrogens with one attached hydrogen (secondary N) is 2. The summed E-state index contributed by atoms with van der Waals surface area (Å²) in [7, 11) is 0. The average Bonchev–Trinajstić information content (AvgIpc) is 3.04. The lowest BCUT2D eigenvalue weighted by Gasteiger charge is -2.12. The van der Waals surface area contributed by atoms with E-state index in [4.69, 9.17) is 0 Å². The quantitative estimate of drug-likeness (QED) is 0.718. The minimum atomic E-state index is -0.154. The van der Waals surface area contributed by atoms with Crippen LogP contribution in [0.3, 0.4) is 0 Å². The van der Waals surface area contributed by atoms with E-state index in [9.17, 15) is 9.59 Å². The Morgan fingerprint density at radius 3 is 2.73 bits per heavy atom. The number of rotatable bonds is 5. The summed E-state index contributed by atoms with van der Waals surface area (Å²) >= 11 is 1.39. The highest BCUT2D eigenvalue weighted by Crippen LogP contribution is 2.27. The van der Waals surface area contributed by atoms with Gasteiger partial charge in [-0.3, -0.25) is 9.59 Å². The summed E-state index contributed by atoms with van der Waals surface area (Å²) in [6.07, 6.45) is 1.43. The zero-order valence-electron chi connectivity index (χ0n) is 15.0. The van der Waals surface area contributed by atoms with Crippen molar-refractivity contribution in [2.45, 2.75) is 45.4 Å². The summed E-state index contributed by atoms with van der Waals surface area (Å²) in [6.45, 7) is 6.16. The molecule has 0 atom stereocenters. The van der Waals surface area contributed by atoms with Crippen LogP contribution in [0.5, 0.6) is 0 Å². The van der Waals surface area contributed by atoms with E-state index in [1.165, 1.54) is 11.3 Å². The summed E-state index contributed by atoms with van der Waals surface area (Å²) in [4.78, 5) is 31.3. The number of anilines is 1. The fraction of sp³-hybridized carbons (Fsp3) is 0.389. The van der Waals surface area contributed by atoms with Gasteiger partial charge in [-0.15, -0.1) is 10.2 Å². The second-order valence-electron chi connectivity index (χ2n) is 7.09. The van der Waals surface area contributed by atoms with E-state index in [1.54, 1.807) is 6.07 Å². The van der Waals surface area contributed by atoms with Crippen molar-refractivity contribution in [1.82, 2.24) is 20.2 Å². The van der Waals surface area contributed by atoms with Gasteiger partial charge in [0.2, 0.25) is 11.0 Å². The fourth-order valence-corrected chi connectivity index (χ4v) is 3.25. The third-order valence-corrected chi connectivity index (χ3v) is 5.06. The zero-order chi connectivity index (χ0) is 18.7. The van der Waals surface area contributed by atoms with Crippen LogP contribution in [-0.2, 0) is 16.6 Å². The number of H-pyrrole nitrogens is 1. The van der Waals surface area contributed by atoms with Crippen molar-refractivity contribution >= 4 is 33.3 Å². The Bertz CT molecular complexity index is 987. The molecular weight excluding hydrogens is 350 g/mol. The van der Waals surface area contributed by atoms with Gasteiger partial charge in [-0.2, -0.15) is 0 Å². The number of aromatic nitrogens is 4. The van der Waals surface area contributed by atoms with E-state index < -0.39 is 0 Å². The Labute approximate surface area is 154 Å². The van der Waals surface area contributed by atoms with Crippen molar-refractivity contribution < 1.29 is 4.79 Å². The summed E-state index contributed by atoms with van der Waals surface area (Å²) in [6, 6.07) is 7.21. The topological polar surface area (TPSA) is 101 Å². The first-order valence-corrected chi connectivity index (χ1v) is 9.26. The molecule has 8 heteroatoms. The summed E-state index contributed by atoms with van der Waals surface area (Å²) in [5.41, 5.74) is 0.423. The largest absolute Gasteiger partial charge is 0.310 e. The first-order chi connectivity index (χ1) is 12.3. The number of aryl methyl sites for hydroxylation is 1. The van der Waals surface area contributed by atoms with Crippen LogP contribution in [-0.4, -0.2) is 26.1 Å². The molecule has 0 spiro atoms. The number of amides is 1. The van der Waals surface area contributed by atoms with Crippen molar-refractivity contribution in [1.29, 1.82) is 0 Å². The predicted molar refractivity (Wildman–Crippen MR) is 103 cm³/mol. The molecule has 3 rings (SSSR count). The number of fused-ring (bicyclic) bond motifs is 1. The Kier molecular flexibility index (Phi) is 5.13. The molecule has 0 radical (unpaired) electrons. The van der Waals surface area contributed by atoms with Gasteiger partial charge in [0.1, 0.15) is 10.8 Å². The van der Waals surface area contributed by atoms with Crippen molar-refractivity contribution in [3.05, 3.63) is 45.5 Å². The monoisotopic (exact) mass is 371 g/mol. The maximum atomic E-state index is 12.1. The Hall–Kier alpha value is -2.61. The van der Waals surface area contributed by atoms with Gasteiger partial charge < -0.3 is 10.3 Å². The number of hydrogen-bond acceptors (Lipinski definition) is 6. The Morgan fingerprint density at radius 2 is 2.00 bits per heavy atom. The Morgan fingerprint density at radius 1 is 1.23 bits per heavy atom. The minimum Gasteiger partial charge on any atom is -0.310 e. The average molecular weight is 371 g/mol. The van der Waals surface area contributed by atoms with Gasteiger partial charge in [-0.05, 0) is 18.6 Å². The number of carbonyl (C=O) groups excluding carboxylic acids is 1. The maximum Gasteiger partial charge on any atom is 0.258 e. The molecule has 1 aromatic carbocycles. The summed E-state index contributed by atoms with van der Waals surface area (Å²) in [5.74, 6) is 0.470. The first-order valence-electron chi connectivity index (χ1n) is 8.45. The number of carbonyl (C=O) groups is 1. The molecule has 0 fully saturated rings. The zero-order valence-corrected chi connectivity index (χ0v) is 15.8. The third kappa shape index (κ3) is 4.32. The lowest BCUT2D eigenvalue weighted by Crippen LogP contribution is -2.14. The van der Waals surface area contributed by atoms with Crippen molar-refractivity contribution in [3.8, 4) is 0 Å². The van der Waals surface area contributed by atoms with Gasteiger partial charge in [0.15, 0.2) is 0 Å². The van der Waals surface area contributed by atoms with E-state index >= 15 is 0 Å². The maximum absolute atomic E-state index is 12.1. The molecule has 2 heterocycles. The van der Waals surface area contributed by atoms with Gasteiger partial charge in [-0.25, -0.2) is 4.98 Å². The van der Waals surface area contributed by atoms with Gasteiger partial charge in [0, 0.05) is 18.3 Å². The molecule has 3 aromatic rings. The number of aromatic amines is 1. The number of nitrogens with zero attached hydrogens (tertiary/aromatic N) is 3. The molecule has 0 aliphatic rings. The number of para-hydroxylation sites is 1. The standard InChI is InChI=1S/C18H21N5O2S/c1-18(2,3)16-22-23-17(26-16)21-14(24)10-6-9-13-19-12-8-5-4-7-11(12)15(25)20-13/h4-5,7-8H,6,9-10H2,1-3H3,(H,19,20,25)(H,21,23,24). The first kappa shape index (κ1) is 18.2. The molecule has 2 aromatic heterocycles. The number of benzene rings is 1. The van der Waals surface area contributed by atoms with Crippen LogP contribution in [0.1, 0.15) is 44.4 Å². The molecular formula is C18H21N5O2S. The van der Waals surface area contributed by atoms with E-state index in [2.05, 4.69) is 46.3 Å². The van der Waals surface area contributed by atoms with Crippen molar-refractivity contribution in [3.63, 3.8) is 0 Å². The highest BCUT2D eigenvalue weighted by atomic mass is 32.1. The molecule has 7 nitrogen and oxygen atoms in total. The van der Waals surface area contributed by atoms with Crippen LogP contribution in [0.4, 0.5) is 5.13 Å². The van der Waals surface area contributed by atoms with Crippen LogP contribution >= 0.6 is 11.3 Å². The molecule has 0 saturated heterocycles. The van der Waals surface area contributed by atoms with E-state index in [1.807, 2.05) is 18.2 Å². The van der Waals surface area contributed by atoms with E-state index in [-0.39, 0.29) is 16.9 Å². The SMILES string of the molecule is CC(C)(C)c1nnc(NC(=O)CCCc2nc3ccccc3c(=O)[nH]2)s1. The molecule has 0 aliphatic carbocycles. The molecule has 1 amide bonds. The van der Waals surface area contributed by atoms with Gasteiger partial charge >= 0.3 is 0 Å². The molecule has 0 unspecified atom stereocenters. The lowest BCUT2D eigenvalue weighted by atomic mass is 9.98.